The molecule has 0 saturated carbocycles. The smallest absolute Gasteiger partial charge is 0.229 e. The summed E-state index contributed by atoms with van der Waals surface area (Å²) >= 11 is 0. The number of benzene rings is 2. The zero-order chi connectivity index (χ0) is 23.8. The van der Waals surface area contributed by atoms with Crippen molar-refractivity contribution in [1.29, 1.82) is 0 Å². The molecule has 174 valence electrons. The predicted octanol–water partition coefficient (Wildman–Crippen LogP) is 4.90. The van der Waals surface area contributed by atoms with Crippen molar-refractivity contribution in [2.75, 3.05) is 23.3 Å². The average Bonchev–Trinajstić information content (AvgIpc) is 3.20. The standard InChI is InChI=1S/C27H30N6O/c1-17-12-13-22(15-18(17)2)28-27(34)21-9-8-14-32(16-21)26-25-24(19(3)29-30-26)20(4)33(31-25)23-10-6-5-7-11-23/h5-7,10-13,15,21H,8-9,14,16H2,1-4H3,(H,28,34)/t21-/m0/s1. The van der Waals surface area contributed by atoms with Gasteiger partial charge in [0.15, 0.2) is 5.82 Å². The molecule has 5 rings (SSSR count). The second-order valence-electron chi connectivity index (χ2n) is 9.24. The van der Waals surface area contributed by atoms with E-state index in [1.54, 1.807) is 0 Å². The fourth-order valence-corrected chi connectivity index (χ4v) is 4.79. The summed E-state index contributed by atoms with van der Waals surface area (Å²) in [4.78, 5) is 15.3. The molecule has 0 aliphatic carbocycles. The fourth-order valence-electron chi connectivity index (χ4n) is 4.79. The SMILES string of the molecule is Cc1ccc(NC(=O)[C@H]2CCCN(c3nnc(C)c4c(C)n(-c5ccccc5)nc34)C2)cc1C. The maximum absolute atomic E-state index is 13.1. The molecule has 0 unspecified atom stereocenters. The maximum atomic E-state index is 13.1. The fraction of sp³-hybridized carbons (Fsp3) is 0.333. The van der Waals surface area contributed by atoms with Crippen LogP contribution in [0.4, 0.5) is 11.5 Å². The molecule has 2 aromatic heterocycles. The minimum Gasteiger partial charge on any atom is -0.352 e. The predicted molar refractivity (Wildman–Crippen MR) is 136 cm³/mol. The van der Waals surface area contributed by atoms with Crippen LogP contribution < -0.4 is 10.2 Å². The van der Waals surface area contributed by atoms with Crippen molar-refractivity contribution in [1.82, 2.24) is 20.0 Å². The van der Waals surface area contributed by atoms with Gasteiger partial charge in [0.2, 0.25) is 5.91 Å². The van der Waals surface area contributed by atoms with Crippen LogP contribution in [0.2, 0.25) is 0 Å². The van der Waals surface area contributed by atoms with E-state index in [1.165, 1.54) is 11.1 Å². The van der Waals surface area contributed by atoms with Gasteiger partial charge in [0.05, 0.1) is 28.4 Å². The first-order valence-corrected chi connectivity index (χ1v) is 11.8. The molecule has 34 heavy (non-hydrogen) atoms. The Morgan fingerprint density at radius 2 is 1.79 bits per heavy atom. The van der Waals surface area contributed by atoms with E-state index in [9.17, 15) is 4.79 Å². The van der Waals surface area contributed by atoms with Crippen LogP contribution in [0.1, 0.15) is 35.4 Å². The van der Waals surface area contributed by atoms with Gasteiger partial charge in [-0.2, -0.15) is 10.2 Å². The number of para-hydroxylation sites is 1. The highest BCUT2D eigenvalue weighted by molar-refractivity contribution is 5.95. The monoisotopic (exact) mass is 454 g/mol. The van der Waals surface area contributed by atoms with Crippen LogP contribution in [0.15, 0.2) is 48.5 Å². The number of anilines is 2. The Balaban J connectivity index is 1.43. The Hall–Kier alpha value is -3.74. The van der Waals surface area contributed by atoms with E-state index in [0.717, 1.165) is 58.9 Å². The van der Waals surface area contributed by atoms with Crippen molar-refractivity contribution >= 4 is 28.3 Å². The largest absolute Gasteiger partial charge is 0.352 e. The lowest BCUT2D eigenvalue weighted by molar-refractivity contribution is -0.120. The molecule has 2 aromatic carbocycles. The van der Waals surface area contributed by atoms with Gasteiger partial charge in [0.25, 0.3) is 0 Å². The second-order valence-corrected chi connectivity index (χ2v) is 9.24. The number of aromatic nitrogens is 4. The quantitative estimate of drug-likeness (QED) is 0.474. The number of hydrogen-bond acceptors (Lipinski definition) is 5. The van der Waals surface area contributed by atoms with E-state index in [4.69, 9.17) is 5.10 Å². The summed E-state index contributed by atoms with van der Waals surface area (Å²) in [5, 5.41) is 18.1. The Morgan fingerprint density at radius 3 is 2.56 bits per heavy atom. The van der Waals surface area contributed by atoms with Crippen molar-refractivity contribution in [3.63, 3.8) is 0 Å². The molecule has 1 aliphatic heterocycles. The number of carbonyl (C=O) groups is 1. The molecular weight excluding hydrogens is 424 g/mol. The number of fused-ring (bicyclic) bond motifs is 1. The molecule has 1 saturated heterocycles. The van der Waals surface area contributed by atoms with Crippen molar-refractivity contribution in [2.45, 2.75) is 40.5 Å². The Morgan fingerprint density at radius 1 is 1.00 bits per heavy atom. The number of amides is 1. The number of piperidine rings is 1. The van der Waals surface area contributed by atoms with E-state index in [2.05, 4.69) is 41.2 Å². The first-order valence-electron chi connectivity index (χ1n) is 11.8. The minimum absolute atomic E-state index is 0.0512. The number of nitrogens with zero attached hydrogens (tertiary/aromatic N) is 5. The summed E-state index contributed by atoms with van der Waals surface area (Å²) in [6, 6.07) is 16.1. The van der Waals surface area contributed by atoms with Crippen LogP contribution in [0, 0.1) is 33.6 Å². The topological polar surface area (TPSA) is 75.9 Å². The lowest BCUT2D eigenvalue weighted by Gasteiger charge is -2.32. The Kier molecular flexibility index (Phi) is 5.77. The van der Waals surface area contributed by atoms with Crippen LogP contribution >= 0.6 is 0 Å². The summed E-state index contributed by atoms with van der Waals surface area (Å²) in [7, 11) is 0. The van der Waals surface area contributed by atoms with Crippen LogP contribution in [0.3, 0.4) is 0 Å². The van der Waals surface area contributed by atoms with Gasteiger partial charge in [0, 0.05) is 18.8 Å². The molecule has 7 nitrogen and oxygen atoms in total. The first kappa shape index (κ1) is 22.1. The van der Waals surface area contributed by atoms with Gasteiger partial charge in [0.1, 0.15) is 5.52 Å². The van der Waals surface area contributed by atoms with Crippen LogP contribution in [-0.4, -0.2) is 39.0 Å². The molecule has 1 amide bonds. The normalized spacial score (nSPS) is 16.1. The summed E-state index contributed by atoms with van der Waals surface area (Å²) in [6.07, 6.45) is 1.77. The highest BCUT2D eigenvalue weighted by Crippen LogP contribution is 2.32. The van der Waals surface area contributed by atoms with Gasteiger partial charge >= 0.3 is 0 Å². The zero-order valence-electron chi connectivity index (χ0n) is 20.2. The summed E-state index contributed by atoms with van der Waals surface area (Å²) in [6.45, 7) is 9.60. The molecule has 0 radical (unpaired) electrons. The van der Waals surface area contributed by atoms with Crippen LogP contribution in [-0.2, 0) is 4.79 Å². The molecular formula is C27H30N6O. The summed E-state index contributed by atoms with van der Waals surface area (Å²) in [5.74, 6) is 0.683. The third-order valence-electron chi connectivity index (χ3n) is 6.85. The van der Waals surface area contributed by atoms with Crippen molar-refractivity contribution in [2.24, 2.45) is 5.92 Å². The van der Waals surface area contributed by atoms with E-state index in [-0.39, 0.29) is 11.8 Å². The molecule has 0 bridgehead atoms. The van der Waals surface area contributed by atoms with E-state index in [0.29, 0.717) is 6.54 Å². The number of rotatable bonds is 4. The highest BCUT2D eigenvalue weighted by atomic mass is 16.1. The van der Waals surface area contributed by atoms with Gasteiger partial charge in [-0.1, -0.05) is 24.3 Å². The molecule has 1 N–H and O–H groups in total. The van der Waals surface area contributed by atoms with Crippen molar-refractivity contribution in [3.05, 3.63) is 71.0 Å². The minimum atomic E-state index is -0.120. The number of carbonyl (C=O) groups excluding carboxylic acids is 1. The third kappa shape index (κ3) is 4.02. The average molecular weight is 455 g/mol. The van der Waals surface area contributed by atoms with Gasteiger partial charge in [-0.15, -0.1) is 5.10 Å². The number of hydrogen-bond donors (Lipinski definition) is 1. The molecule has 1 atom stereocenters. The third-order valence-corrected chi connectivity index (χ3v) is 6.85. The Bertz CT molecular complexity index is 1360. The van der Waals surface area contributed by atoms with Gasteiger partial charge in [-0.25, -0.2) is 4.68 Å². The van der Waals surface area contributed by atoms with Crippen LogP contribution in [0.5, 0.6) is 0 Å². The Labute approximate surface area is 199 Å². The van der Waals surface area contributed by atoms with Crippen LogP contribution in [0.25, 0.3) is 16.6 Å². The zero-order valence-corrected chi connectivity index (χ0v) is 20.2. The van der Waals surface area contributed by atoms with E-state index >= 15 is 0 Å². The summed E-state index contributed by atoms with van der Waals surface area (Å²) in [5.41, 5.74) is 6.98. The molecule has 7 heteroatoms. The van der Waals surface area contributed by atoms with E-state index < -0.39 is 0 Å². The number of aryl methyl sites for hydroxylation is 4. The second kappa shape index (κ2) is 8.89. The molecule has 0 spiro atoms. The van der Waals surface area contributed by atoms with Gasteiger partial charge in [-0.3, -0.25) is 4.79 Å². The maximum Gasteiger partial charge on any atom is 0.229 e. The molecule has 1 fully saturated rings. The van der Waals surface area contributed by atoms with E-state index in [1.807, 2.05) is 60.1 Å². The lowest BCUT2D eigenvalue weighted by Crippen LogP contribution is -2.41. The van der Waals surface area contributed by atoms with Gasteiger partial charge < -0.3 is 10.2 Å². The number of nitrogens with one attached hydrogen (secondary N) is 1. The molecule has 3 heterocycles. The summed E-state index contributed by atoms with van der Waals surface area (Å²) < 4.78 is 1.96. The van der Waals surface area contributed by atoms with Gasteiger partial charge in [-0.05, 0) is 75.9 Å². The molecule has 1 aliphatic rings. The molecule has 4 aromatic rings. The van der Waals surface area contributed by atoms with Crippen molar-refractivity contribution < 1.29 is 4.79 Å². The highest BCUT2D eigenvalue weighted by Gasteiger charge is 2.29. The lowest BCUT2D eigenvalue weighted by atomic mass is 9.96. The van der Waals surface area contributed by atoms with Crippen molar-refractivity contribution in [3.8, 4) is 5.69 Å². The first-order chi connectivity index (χ1) is 16.4.